The van der Waals surface area contributed by atoms with E-state index in [1.807, 2.05) is 13.8 Å². The van der Waals surface area contributed by atoms with Crippen molar-refractivity contribution < 1.29 is 5.11 Å². The number of benzene rings is 2. The van der Waals surface area contributed by atoms with Crippen LogP contribution < -0.4 is 0 Å². The van der Waals surface area contributed by atoms with Crippen molar-refractivity contribution in [3.05, 3.63) is 48.0 Å². The summed E-state index contributed by atoms with van der Waals surface area (Å²) in [4.78, 5) is 2.26. The molecule has 0 bridgehead atoms. The number of hydrogen-bond donors (Lipinski definition) is 1. The molecule has 0 aliphatic rings. The van der Waals surface area contributed by atoms with Crippen molar-refractivity contribution in [3.8, 4) is 0 Å². The Kier molecular flexibility index (Phi) is 4.23. The van der Waals surface area contributed by atoms with Gasteiger partial charge in [-0.15, -0.1) is 0 Å². The van der Waals surface area contributed by atoms with Gasteiger partial charge in [-0.2, -0.15) is 0 Å². The van der Waals surface area contributed by atoms with Crippen molar-refractivity contribution in [3.63, 3.8) is 0 Å². The molecule has 2 heteroatoms. The number of rotatable bonds is 5. The summed E-state index contributed by atoms with van der Waals surface area (Å²) in [6.45, 7) is 5.53. The van der Waals surface area contributed by atoms with Crippen molar-refractivity contribution in [1.82, 2.24) is 4.90 Å². The van der Waals surface area contributed by atoms with Gasteiger partial charge in [0, 0.05) is 13.1 Å². The van der Waals surface area contributed by atoms with E-state index in [-0.39, 0.29) is 0 Å². The van der Waals surface area contributed by atoms with Crippen LogP contribution in [0.25, 0.3) is 10.8 Å². The average Bonchev–Trinajstić information content (AvgIpc) is 2.36. The van der Waals surface area contributed by atoms with Crippen LogP contribution in [0.2, 0.25) is 0 Å². The van der Waals surface area contributed by atoms with Crippen molar-refractivity contribution in [2.45, 2.75) is 32.4 Å². The van der Waals surface area contributed by atoms with E-state index < -0.39 is 5.60 Å². The number of aliphatic hydroxyl groups is 1. The molecule has 1 N–H and O–H groups in total. The molecule has 0 unspecified atom stereocenters. The van der Waals surface area contributed by atoms with Gasteiger partial charge in [0.15, 0.2) is 0 Å². The van der Waals surface area contributed by atoms with Crippen LogP contribution in [0, 0.1) is 0 Å². The highest BCUT2D eigenvalue weighted by Crippen LogP contribution is 2.20. The van der Waals surface area contributed by atoms with Crippen LogP contribution in [0.5, 0.6) is 0 Å². The first-order chi connectivity index (χ1) is 8.96. The van der Waals surface area contributed by atoms with Crippen LogP contribution >= 0.6 is 0 Å². The molecule has 19 heavy (non-hydrogen) atoms. The smallest absolute Gasteiger partial charge is 0.0603 e. The molecule has 0 radical (unpaired) electrons. The van der Waals surface area contributed by atoms with Crippen LogP contribution in [0.3, 0.4) is 0 Å². The molecule has 0 spiro atoms. The summed E-state index contributed by atoms with van der Waals surface area (Å²) in [5.74, 6) is 0. The third-order valence-corrected chi connectivity index (χ3v) is 3.43. The summed E-state index contributed by atoms with van der Waals surface area (Å²) in [5, 5.41) is 12.4. The van der Waals surface area contributed by atoms with Crippen molar-refractivity contribution in [2.24, 2.45) is 0 Å². The fraction of sp³-hybridized carbons (Fsp3) is 0.412. The first-order valence-electron chi connectivity index (χ1n) is 6.83. The fourth-order valence-electron chi connectivity index (χ4n) is 2.26. The minimum Gasteiger partial charge on any atom is -0.390 e. The quantitative estimate of drug-likeness (QED) is 0.887. The maximum atomic E-state index is 9.78. The molecular formula is C17H23NO. The highest BCUT2D eigenvalue weighted by atomic mass is 16.3. The van der Waals surface area contributed by atoms with Crippen molar-refractivity contribution in [1.29, 1.82) is 0 Å². The highest BCUT2D eigenvalue weighted by molar-refractivity contribution is 5.85. The van der Waals surface area contributed by atoms with Crippen molar-refractivity contribution in [2.75, 3.05) is 13.6 Å². The Balaban J connectivity index is 2.09. The lowest BCUT2D eigenvalue weighted by atomic mass is 10.0. The van der Waals surface area contributed by atoms with E-state index in [2.05, 4.69) is 54.4 Å². The van der Waals surface area contributed by atoms with Gasteiger partial charge in [0.1, 0.15) is 0 Å². The monoisotopic (exact) mass is 257 g/mol. The Bertz CT molecular complexity index is 537. The minimum atomic E-state index is -0.590. The second kappa shape index (κ2) is 5.72. The third kappa shape index (κ3) is 4.05. The van der Waals surface area contributed by atoms with Gasteiger partial charge in [-0.3, -0.25) is 0 Å². The number of fused-ring (bicyclic) bond motifs is 1. The zero-order chi connectivity index (χ0) is 13.9. The van der Waals surface area contributed by atoms with E-state index >= 15 is 0 Å². The molecule has 102 valence electrons. The Labute approximate surface area is 115 Å². The molecular weight excluding hydrogens is 234 g/mol. The summed E-state index contributed by atoms with van der Waals surface area (Å²) in [5.41, 5.74) is 0.754. The zero-order valence-corrected chi connectivity index (χ0v) is 12.1. The van der Waals surface area contributed by atoms with Crippen molar-refractivity contribution >= 4 is 10.8 Å². The molecule has 0 aliphatic carbocycles. The fourth-order valence-corrected chi connectivity index (χ4v) is 2.26. The van der Waals surface area contributed by atoms with E-state index in [1.54, 1.807) is 0 Å². The highest BCUT2D eigenvalue weighted by Gasteiger charge is 2.13. The lowest BCUT2D eigenvalue weighted by Gasteiger charge is -2.23. The van der Waals surface area contributed by atoms with E-state index in [0.717, 1.165) is 19.5 Å². The first-order valence-corrected chi connectivity index (χ1v) is 6.83. The average molecular weight is 257 g/mol. The minimum absolute atomic E-state index is 0.590. The van der Waals surface area contributed by atoms with Crippen LogP contribution in [0.1, 0.15) is 25.8 Å². The van der Waals surface area contributed by atoms with Crippen LogP contribution in [-0.2, 0) is 6.54 Å². The molecule has 2 aromatic rings. The molecule has 0 fully saturated rings. The van der Waals surface area contributed by atoms with Gasteiger partial charge in [0.05, 0.1) is 5.60 Å². The standard InChI is InChI=1S/C17H23NO/c1-17(2,19)11-12-18(3)13-15-9-6-8-14-7-4-5-10-16(14)15/h4-10,19H,11-13H2,1-3H3. The lowest BCUT2D eigenvalue weighted by Crippen LogP contribution is -2.28. The van der Waals surface area contributed by atoms with Crippen LogP contribution in [0.4, 0.5) is 0 Å². The topological polar surface area (TPSA) is 23.5 Å². The predicted octanol–water partition coefficient (Wildman–Crippen LogP) is 3.43. The summed E-state index contributed by atoms with van der Waals surface area (Å²) >= 11 is 0. The predicted molar refractivity (Wildman–Crippen MR) is 81.2 cm³/mol. The van der Waals surface area contributed by atoms with Gasteiger partial charge in [-0.25, -0.2) is 0 Å². The van der Waals surface area contributed by atoms with Gasteiger partial charge in [-0.05, 0) is 43.7 Å². The Morgan fingerprint density at radius 3 is 2.47 bits per heavy atom. The second-order valence-corrected chi connectivity index (χ2v) is 5.94. The molecule has 0 aliphatic heterocycles. The molecule has 0 aromatic heterocycles. The molecule has 2 rings (SSSR count). The van der Waals surface area contributed by atoms with Gasteiger partial charge in [0.2, 0.25) is 0 Å². The molecule has 0 heterocycles. The Hall–Kier alpha value is -1.38. The third-order valence-electron chi connectivity index (χ3n) is 3.43. The zero-order valence-electron chi connectivity index (χ0n) is 12.1. The Morgan fingerprint density at radius 2 is 1.74 bits per heavy atom. The van der Waals surface area contributed by atoms with E-state index in [0.29, 0.717) is 0 Å². The molecule has 2 aromatic carbocycles. The van der Waals surface area contributed by atoms with E-state index in [4.69, 9.17) is 0 Å². The maximum Gasteiger partial charge on any atom is 0.0603 e. The van der Waals surface area contributed by atoms with E-state index in [9.17, 15) is 5.11 Å². The molecule has 0 saturated heterocycles. The molecule has 0 saturated carbocycles. The molecule has 0 amide bonds. The van der Waals surface area contributed by atoms with Crippen LogP contribution in [-0.4, -0.2) is 29.2 Å². The van der Waals surface area contributed by atoms with E-state index in [1.165, 1.54) is 16.3 Å². The first kappa shape index (κ1) is 14.0. The largest absolute Gasteiger partial charge is 0.390 e. The molecule has 2 nitrogen and oxygen atoms in total. The normalized spacial score (nSPS) is 12.3. The Morgan fingerprint density at radius 1 is 1.05 bits per heavy atom. The van der Waals surface area contributed by atoms with Gasteiger partial charge in [0.25, 0.3) is 0 Å². The summed E-state index contributed by atoms with van der Waals surface area (Å²) in [6, 6.07) is 14.9. The number of hydrogen-bond acceptors (Lipinski definition) is 2. The van der Waals surface area contributed by atoms with Gasteiger partial charge < -0.3 is 10.0 Å². The van der Waals surface area contributed by atoms with Gasteiger partial charge in [-0.1, -0.05) is 42.5 Å². The molecule has 0 atom stereocenters. The van der Waals surface area contributed by atoms with Crippen LogP contribution in [0.15, 0.2) is 42.5 Å². The number of nitrogens with zero attached hydrogens (tertiary/aromatic N) is 1. The lowest BCUT2D eigenvalue weighted by molar-refractivity contribution is 0.0600. The summed E-state index contributed by atoms with van der Waals surface area (Å²) in [6.07, 6.45) is 0.786. The second-order valence-electron chi connectivity index (χ2n) is 5.94. The van der Waals surface area contributed by atoms with Gasteiger partial charge >= 0.3 is 0 Å². The summed E-state index contributed by atoms with van der Waals surface area (Å²) in [7, 11) is 2.10. The summed E-state index contributed by atoms with van der Waals surface area (Å²) < 4.78 is 0. The maximum absolute atomic E-state index is 9.78. The SMILES string of the molecule is CN(CCC(C)(C)O)Cc1cccc2ccccc12.